The van der Waals surface area contributed by atoms with Crippen LogP contribution in [-0.4, -0.2) is 48.7 Å². The molecule has 1 aromatic rings. The molecule has 0 unspecified atom stereocenters. The molecule has 0 radical (unpaired) electrons. The van der Waals surface area contributed by atoms with Crippen molar-refractivity contribution in [2.75, 3.05) is 26.7 Å². The molecular weight excluding hydrogens is 452 g/mol. The van der Waals surface area contributed by atoms with E-state index in [1.807, 2.05) is 6.92 Å². The first-order chi connectivity index (χ1) is 12.1. The lowest BCUT2D eigenvalue weighted by molar-refractivity contribution is -0.149. The zero-order valence-corrected chi connectivity index (χ0v) is 17.5. The first-order valence-electron chi connectivity index (χ1n) is 8.59. The van der Waals surface area contributed by atoms with Crippen molar-refractivity contribution in [2.24, 2.45) is 10.9 Å². The van der Waals surface area contributed by atoms with Gasteiger partial charge in [-0.1, -0.05) is 6.07 Å². The maximum absolute atomic E-state index is 13.4. The summed E-state index contributed by atoms with van der Waals surface area (Å²) < 4.78 is 18.5. The Morgan fingerprint density at radius 2 is 2.12 bits per heavy atom. The third kappa shape index (κ3) is 6.08. The number of esters is 1. The summed E-state index contributed by atoms with van der Waals surface area (Å²) in [5.74, 6) is 0.181. The molecule has 146 valence electrons. The summed E-state index contributed by atoms with van der Waals surface area (Å²) in [5.41, 5.74) is 1.15. The average Bonchev–Trinajstić information content (AvgIpc) is 2.64. The monoisotopic (exact) mass is 479 g/mol. The van der Waals surface area contributed by atoms with Crippen molar-refractivity contribution in [3.8, 4) is 0 Å². The lowest BCUT2D eigenvalue weighted by Gasteiger charge is -2.33. The number of halogens is 2. The minimum atomic E-state index is -0.406. The van der Waals surface area contributed by atoms with Gasteiger partial charge in [0.15, 0.2) is 5.96 Å². The number of aliphatic hydroxyl groups is 1. The number of likely N-dealkylation sites (tertiary alicyclic amines) is 1. The number of nitrogens with zero attached hydrogens (tertiary/aromatic N) is 2. The molecule has 0 atom stereocenters. The van der Waals surface area contributed by atoms with Gasteiger partial charge in [-0.25, -0.2) is 4.39 Å². The molecule has 1 heterocycles. The number of rotatable bonds is 5. The molecule has 1 aliphatic rings. The van der Waals surface area contributed by atoms with Gasteiger partial charge in [0.05, 0.1) is 19.1 Å². The lowest BCUT2D eigenvalue weighted by Crippen LogP contribution is -2.46. The van der Waals surface area contributed by atoms with Gasteiger partial charge in [0.1, 0.15) is 5.82 Å². The number of carbonyl (C=O) groups excluding carboxylic acids is 1. The lowest BCUT2D eigenvalue weighted by atomic mass is 9.97. The average molecular weight is 479 g/mol. The van der Waals surface area contributed by atoms with Gasteiger partial charge in [0, 0.05) is 32.2 Å². The highest BCUT2D eigenvalue weighted by atomic mass is 127. The Kier molecular flexibility index (Phi) is 9.85. The molecule has 6 nitrogen and oxygen atoms in total. The number of aliphatic imine (C=N–C) groups is 1. The van der Waals surface area contributed by atoms with Crippen molar-refractivity contribution in [2.45, 2.75) is 32.9 Å². The normalized spacial score (nSPS) is 15.4. The fraction of sp³-hybridized carbons (Fsp3) is 0.556. The Morgan fingerprint density at radius 1 is 1.42 bits per heavy atom. The van der Waals surface area contributed by atoms with Gasteiger partial charge in [0.25, 0.3) is 0 Å². The van der Waals surface area contributed by atoms with Crippen LogP contribution in [0, 0.1) is 11.7 Å². The highest BCUT2D eigenvalue weighted by Gasteiger charge is 2.27. The van der Waals surface area contributed by atoms with Crippen molar-refractivity contribution in [1.29, 1.82) is 0 Å². The molecule has 0 saturated carbocycles. The Hall–Kier alpha value is -1.42. The van der Waals surface area contributed by atoms with Crippen LogP contribution in [0.5, 0.6) is 0 Å². The topological polar surface area (TPSA) is 74.2 Å². The van der Waals surface area contributed by atoms with Crippen LogP contribution in [0.4, 0.5) is 4.39 Å². The number of benzene rings is 1. The molecule has 1 aromatic carbocycles. The summed E-state index contributed by atoms with van der Waals surface area (Å²) in [5, 5.41) is 12.4. The second-order valence-electron chi connectivity index (χ2n) is 6.00. The number of guanidine groups is 1. The standard InChI is InChI=1S/C18H26FN3O3.HI/c1-3-25-17(24)14-6-8-22(9-7-14)18(20-2)21-11-13-4-5-16(19)15(10-13)12-23;/h4-5,10,14,23H,3,6-9,11-12H2,1-2H3,(H,20,21);1H. The molecule has 0 bridgehead atoms. The second-order valence-corrected chi connectivity index (χ2v) is 6.00. The van der Waals surface area contributed by atoms with E-state index in [0.717, 1.165) is 37.5 Å². The molecular formula is C18H27FIN3O3. The van der Waals surface area contributed by atoms with E-state index in [4.69, 9.17) is 9.84 Å². The maximum atomic E-state index is 13.4. The van der Waals surface area contributed by atoms with Crippen molar-refractivity contribution in [1.82, 2.24) is 10.2 Å². The van der Waals surface area contributed by atoms with Crippen LogP contribution in [-0.2, 0) is 22.7 Å². The highest BCUT2D eigenvalue weighted by molar-refractivity contribution is 14.0. The molecule has 1 fully saturated rings. The van der Waals surface area contributed by atoms with Gasteiger partial charge in [-0.15, -0.1) is 24.0 Å². The predicted octanol–water partition coefficient (Wildman–Crippen LogP) is 2.29. The summed E-state index contributed by atoms with van der Waals surface area (Å²) in [6, 6.07) is 4.68. The third-order valence-corrected chi connectivity index (χ3v) is 4.36. The van der Waals surface area contributed by atoms with Crippen molar-refractivity contribution in [3.05, 3.63) is 35.1 Å². The fourth-order valence-corrected chi connectivity index (χ4v) is 2.96. The molecule has 1 saturated heterocycles. The molecule has 0 amide bonds. The molecule has 26 heavy (non-hydrogen) atoms. The van der Waals surface area contributed by atoms with E-state index >= 15 is 0 Å². The van der Waals surface area contributed by atoms with Crippen molar-refractivity contribution < 1.29 is 19.0 Å². The zero-order chi connectivity index (χ0) is 18.2. The summed E-state index contributed by atoms with van der Waals surface area (Å²) in [7, 11) is 1.71. The van der Waals surface area contributed by atoms with Crippen LogP contribution in [0.25, 0.3) is 0 Å². The van der Waals surface area contributed by atoms with Crippen molar-refractivity contribution in [3.63, 3.8) is 0 Å². The Labute approximate surface area is 170 Å². The van der Waals surface area contributed by atoms with E-state index in [0.29, 0.717) is 13.2 Å². The number of nitrogens with one attached hydrogen (secondary N) is 1. The van der Waals surface area contributed by atoms with Crippen LogP contribution < -0.4 is 5.32 Å². The molecule has 1 aliphatic heterocycles. The van der Waals surface area contributed by atoms with Gasteiger partial charge in [-0.2, -0.15) is 0 Å². The number of ether oxygens (including phenoxy) is 1. The van der Waals surface area contributed by atoms with E-state index in [1.54, 1.807) is 19.2 Å². The first-order valence-corrected chi connectivity index (χ1v) is 8.59. The number of hydrogen-bond acceptors (Lipinski definition) is 4. The smallest absolute Gasteiger partial charge is 0.309 e. The summed E-state index contributed by atoms with van der Waals surface area (Å²) in [6.45, 7) is 3.85. The Balaban J connectivity index is 0.00000338. The maximum Gasteiger partial charge on any atom is 0.309 e. The van der Waals surface area contributed by atoms with Crippen LogP contribution in [0.15, 0.2) is 23.2 Å². The number of piperidine rings is 1. The fourth-order valence-electron chi connectivity index (χ4n) is 2.96. The molecule has 0 spiro atoms. The summed E-state index contributed by atoms with van der Waals surface area (Å²) in [4.78, 5) is 18.2. The van der Waals surface area contributed by atoms with Crippen molar-refractivity contribution >= 4 is 35.9 Å². The number of aliphatic hydroxyl groups excluding tert-OH is 1. The number of hydrogen-bond donors (Lipinski definition) is 2. The minimum absolute atomic E-state index is 0. The van der Waals surface area contributed by atoms with E-state index in [9.17, 15) is 9.18 Å². The molecule has 0 aliphatic carbocycles. The van der Waals surface area contributed by atoms with Gasteiger partial charge in [0.2, 0.25) is 0 Å². The van der Waals surface area contributed by atoms with Gasteiger partial charge in [-0.3, -0.25) is 9.79 Å². The van der Waals surface area contributed by atoms with Gasteiger partial charge in [-0.05, 0) is 37.5 Å². The molecule has 0 aromatic heterocycles. The van der Waals surface area contributed by atoms with E-state index in [2.05, 4.69) is 15.2 Å². The summed E-state index contributed by atoms with van der Waals surface area (Å²) in [6.07, 6.45) is 1.48. The zero-order valence-electron chi connectivity index (χ0n) is 15.2. The van der Waals surface area contributed by atoms with Gasteiger partial charge >= 0.3 is 5.97 Å². The first kappa shape index (κ1) is 22.6. The molecule has 2 rings (SSSR count). The molecule has 2 N–H and O–H groups in total. The van der Waals surface area contributed by atoms with E-state index < -0.39 is 5.82 Å². The van der Waals surface area contributed by atoms with Crippen LogP contribution in [0.2, 0.25) is 0 Å². The van der Waals surface area contributed by atoms with Crippen LogP contribution in [0.3, 0.4) is 0 Å². The highest BCUT2D eigenvalue weighted by Crippen LogP contribution is 2.19. The summed E-state index contributed by atoms with van der Waals surface area (Å²) >= 11 is 0. The van der Waals surface area contributed by atoms with E-state index in [-0.39, 0.29) is 48.0 Å². The SMILES string of the molecule is CCOC(=O)C1CCN(C(=NC)NCc2ccc(F)c(CO)c2)CC1.I. The Morgan fingerprint density at radius 3 is 2.69 bits per heavy atom. The largest absolute Gasteiger partial charge is 0.466 e. The number of carbonyl (C=O) groups is 1. The molecule has 8 heteroatoms. The minimum Gasteiger partial charge on any atom is -0.466 e. The van der Waals surface area contributed by atoms with Crippen LogP contribution >= 0.6 is 24.0 Å². The second kappa shape index (κ2) is 11.3. The third-order valence-electron chi connectivity index (χ3n) is 4.36. The predicted molar refractivity (Wildman–Crippen MR) is 109 cm³/mol. The van der Waals surface area contributed by atoms with Gasteiger partial charge < -0.3 is 20.1 Å². The Bertz CT molecular complexity index is 620. The van der Waals surface area contributed by atoms with Crippen LogP contribution in [0.1, 0.15) is 30.9 Å². The van der Waals surface area contributed by atoms with E-state index in [1.165, 1.54) is 6.07 Å². The quantitative estimate of drug-likeness (QED) is 0.294.